The molecule has 3 rings (SSSR count). The topological polar surface area (TPSA) is 62.7 Å². The summed E-state index contributed by atoms with van der Waals surface area (Å²) in [6.07, 6.45) is 4.90. The molecule has 0 unspecified atom stereocenters. The first-order valence-corrected chi connectivity index (χ1v) is 8.84. The lowest BCUT2D eigenvalue weighted by atomic mass is 10.2. The standard InChI is InChI=1S/C17H22N2O3S/c1-10(2)22-13-8-11(16(20)21)9-14-15(13)18-17(23-14)19(3)12-6-4-5-7-12/h8-10,12H,4-7H2,1-3H3,(H,20,21). The molecule has 0 radical (unpaired) electrons. The highest BCUT2D eigenvalue weighted by Gasteiger charge is 2.23. The van der Waals surface area contributed by atoms with Gasteiger partial charge in [-0.05, 0) is 38.8 Å². The Morgan fingerprint density at radius 2 is 2.09 bits per heavy atom. The van der Waals surface area contributed by atoms with Crippen molar-refractivity contribution in [2.24, 2.45) is 0 Å². The molecular formula is C17H22N2O3S. The average Bonchev–Trinajstić information content (AvgIpc) is 3.15. The van der Waals surface area contributed by atoms with Crippen LogP contribution in [0.15, 0.2) is 12.1 Å². The van der Waals surface area contributed by atoms with Gasteiger partial charge < -0.3 is 14.7 Å². The number of rotatable bonds is 5. The number of aromatic nitrogens is 1. The molecule has 1 N–H and O–H groups in total. The monoisotopic (exact) mass is 334 g/mol. The fraction of sp³-hybridized carbons (Fsp3) is 0.529. The van der Waals surface area contributed by atoms with Crippen molar-refractivity contribution in [2.45, 2.75) is 51.7 Å². The lowest BCUT2D eigenvalue weighted by Gasteiger charge is -2.23. The van der Waals surface area contributed by atoms with Gasteiger partial charge in [-0.3, -0.25) is 0 Å². The molecule has 0 bridgehead atoms. The Morgan fingerprint density at radius 3 is 2.70 bits per heavy atom. The van der Waals surface area contributed by atoms with Gasteiger partial charge in [0.15, 0.2) is 5.13 Å². The second-order valence-electron chi connectivity index (χ2n) is 6.34. The van der Waals surface area contributed by atoms with Crippen LogP contribution in [0.1, 0.15) is 49.9 Å². The molecule has 1 aromatic carbocycles. The molecule has 0 atom stereocenters. The Labute approximate surface area is 139 Å². The quantitative estimate of drug-likeness (QED) is 0.889. The van der Waals surface area contributed by atoms with E-state index in [2.05, 4.69) is 11.9 Å². The average molecular weight is 334 g/mol. The van der Waals surface area contributed by atoms with E-state index in [0.717, 1.165) is 15.3 Å². The van der Waals surface area contributed by atoms with Crippen LogP contribution in [0, 0.1) is 0 Å². The zero-order valence-electron chi connectivity index (χ0n) is 13.7. The zero-order valence-corrected chi connectivity index (χ0v) is 14.5. The highest BCUT2D eigenvalue weighted by atomic mass is 32.1. The minimum absolute atomic E-state index is 0.0278. The smallest absolute Gasteiger partial charge is 0.335 e. The highest BCUT2D eigenvalue weighted by molar-refractivity contribution is 7.22. The Bertz CT molecular complexity index is 720. The highest BCUT2D eigenvalue weighted by Crippen LogP contribution is 2.37. The second kappa shape index (κ2) is 6.35. The molecule has 0 saturated heterocycles. The number of nitrogens with zero attached hydrogens (tertiary/aromatic N) is 2. The van der Waals surface area contributed by atoms with Crippen molar-refractivity contribution in [2.75, 3.05) is 11.9 Å². The molecule has 124 valence electrons. The number of carbonyl (C=O) groups is 1. The molecule has 2 aromatic rings. The number of fused-ring (bicyclic) bond motifs is 1. The van der Waals surface area contributed by atoms with E-state index in [1.807, 2.05) is 13.8 Å². The van der Waals surface area contributed by atoms with E-state index in [1.54, 1.807) is 12.1 Å². The minimum Gasteiger partial charge on any atom is -0.489 e. The summed E-state index contributed by atoms with van der Waals surface area (Å²) in [7, 11) is 2.08. The van der Waals surface area contributed by atoms with Crippen molar-refractivity contribution in [1.29, 1.82) is 0 Å². The summed E-state index contributed by atoms with van der Waals surface area (Å²) in [5.41, 5.74) is 1.00. The predicted octanol–water partition coefficient (Wildman–Crippen LogP) is 4.16. The summed E-state index contributed by atoms with van der Waals surface area (Å²) in [5.74, 6) is -0.392. The Hall–Kier alpha value is -1.82. The van der Waals surface area contributed by atoms with Crippen molar-refractivity contribution < 1.29 is 14.6 Å². The fourth-order valence-electron chi connectivity index (χ4n) is 3.05. The maximum absolute atomic E-state index is 11.4. The van der Waals surface area contributed by atoms with E-state index >= 15 is 0 Å². The minimum atomic E-state index is -0.945. The van der Waals surface area contributed by atoms with Crippen LogP contribution in [-0.4, -0.2) is 35.3 Å². The van der Waals surface area contributed by atoms with E-state index in [-0.39, 0.29) is 11.7 Å². The number of aromatic carboxylic acids is 1. The predicted molar refractivity (Wildman–Crippen MR) is 93.0 cm³/mol. The number of carboxylic acid groups (broad SMARTS) is 1. The Morgan fingerprint density at radius 1 is 1.39 bits per heavy atom. The summed E-state index contributed by atoms with van der Waals surface area (Å²) in [5, 5.41) is 10.2. The van der Waals surface area contributed by atoms with Gasteiger partial charge in [0, 0.05) is 13.1 Å². The molecule has 1 heterocycles. The number of carboxylic acids is 1. The van der Waals surface area contributed by atoms with Gasteiger partial charge in [0.25, 0.3) is 0 Å². The second-order valence-corrected chi connectivity index (χ2v) is 7.35. The first-order valence-electron chi connectivity index (χ1n) is 8.03. The lowest BCUT2D eigenvalue weighted by molar-refractivity contribution is 0.0696. The number of hydrogen-bond acceptors (Lipinski definition) is 5. The Balaban J connectivity index is 2.04. The third-order valence-electron chi connectivity index (χ3n) is 4.23. The van der Waals surface area contributed by atoms with Crippen molar-refractivity contribution in [1.82, 2.24) is 4.98 Å². The van der Waals surface area contributed by atoms with Gasteiger partial charge in [0.2, 0.25) is 0 Å². The molecule has 1 aromatic heterocycles. The molecule has 1 fully saturated rings. The van der Waals surface area contributed by atoms with Gasteiger partial charge in [0.1, 0.15) is 11.3 Å². The third kappa shape index (κ3) is 3.27. The van der Waals surface area contributed by atoms with Crippen LogP contribution in [0.4, 0.5) is 5.13 Å². The molecule has 0 spiro atoms. The van der Waals surface area contributed by atoms with Crippen LogP contribution in [0.2, 0.25) is 0 Å². The summed E-state index contributed by atoms with van der Waals surface area (Å²) >= 11 is 1.54. The van der Waals surface area contributed by atoms with E-state index < -0.39 is 5.97 Å². The van der Waals surface area contributed by atoms with E-state index in [0.29, 0.717) is 11.8 Å². The van der Waals surface area contributed by atoms with E-state index in [9.17, 15) is 9.90 Å². The molecule has 1 saturated carbocycles. The van der Waals surface area contributed by atoms with Crippen LogP contribution in [-0.2, 0) is 0 Å². The normalized spacial score (nSPS) is 15.5. The first-order chi connectivity index (χ1) is 11.0. The molecular weight excluding hydrogens is 312 g/mol. The van der Waals surface area contributed by atoms with Gasteiger partial charge in [-0.15, -0.1) is 0 Å². The summed E-state index contributed by atoms with van der Waals surface area (Å²) in [6, 6.07) is 3.79. The van der Waals surface area contributed by atoms with E-state index in [4.69, 9.17) is 9.72 Å². The van der Waals surface area contributed by atoms with Crippen LogP contribution in [0.3, 0.4) is 0 Å². The van der Waals surface area contributed by atoms with Crippen LogP contribution < -0.4 is 9.64 Å². The van der Waals surface area contributed by atoms with Crippen molar-refractivity contribution in [3.63, 3.8) is 0 Å². The number of thiazole rings is 1. The van der Waals surface area contributed by atoms with E-state index in [1.165, 1.54) is 37.0 Å². The summed E-state index contributed by atoms with van der Waals surface area (Å²) < 4.78 is 6.66. The molecule has 0 amide bonds. The third-order valence-corrected chi connectivity index (χ3v) is 5.33. The van der Waals surface area contributed by atoms with Crippen LogP contribution >= 0.6 is 11.3 Å². The number of ether oxygens (including phenoxy) is 1. The van der Waals surface area contributed by atoms with Crippen molar-refractivity contribution in [3.05, 3.63) is 17.7 Å². The number of anilines is 1. The summed E-state index contributed by atoms with van der Waals surface area (Å²) in [4.78, 5) is 18.3. The van der Waals surface area contributed by atoms with Crippen molar-refractivity contribution in [3.8, 4) is 5.75 Å². The van der Waals surface area contributed by atoms with Gasteiger partial charge >= 0.3 is 5.97 Å². The fourth-order valence-corrected chi connectivity index (χ4v) is 4.11. The molecule has 0 aliphatic heterocycles. The maximum atomic E-state index is 11.4. The maximum Gasteiger partial charge on any atom is 0.335 e. The zero-order chi connectivity index (χ0) is 16.6. The molecule has 23 heavy (non-hydrogen) atoms. The number of benzene rings is 1. The summed E-state index contributed by atoms with van der Waals surface area (Å²) in [6.45, 7) is 3.86. The van der Waals surface area contributed by atoms with Gasteiger partial charge in [-0.25, -0.2) is 9.78 Å². The lowest BCUT2D eigenvalue weighted by Crippen LogP contribution is -2.28. The number of hydrogen-bond donors (Lipinski definition) is 1. The first kappa shape index (κ1) is 16.1. The Kier molecular flexibility index (Phi) is 4.43. The van der Waals surface area contributed by atoms with Crippen LogP contribution in [0.5, 0.6) is 5.75 Å². The molecule has 1 aliphatic rings. The molecule has 1 aliphatic carbocycles. The van der Waals surface area contributed by atoms with Crippen molar-refractivity contribution >= 4 is 32.7 Å². The van der Waals surface area contributed by atoms with Gasteiger partial charge in [0.05, 0.1) is 16.4 Å². The van der Waals surface area contributed by atoms with Gasteiger partial charge in [-0.1, -0.05) is 24.2 Å². The molecule has 5 nitrogen and oxygen atoms in total. The molecule has 6 heteroatoms. The van der Waals surface area contributed by atoms with Crippen LogP contribution in [0.25, 0.3) is 10.2 Å². The SMILES string of the molecule is CC(C)Oc1cc(C(=O)O)cc2sc(N(C)C3CCCC3)nc12. The van der Waals surface area contributed by atoms with Gasteiger partial charge in [-0.2, -0.15) is 0 Å². The largest absolute Gasteiger partial charge is 0.489 e.